The average Bonchev–Trinajstić information content (AvgIpc) is 2.82. The molecule has 0 radical (unpaired) electrons. The van der Waals surface area contributed by atoms with Crippen LogP contribution in [0.4, 0.5) is 5.69 Å². The zero-order valence-corrected chi connectivity index (χ0v) is 13.4. The van der Waals surface area contributed by atoms with Gasteiger partial charge >= 0.3 is 0 Å². The summed E-state index contributed by atoms with van der Waals surface area (Å²) in [6.07, 6.45) is 0. The molecule has 0 saturated heterocycles. The summed E-state index contributed by atoms with van der Waals surface area (Å²) in [7, 11) is 0. The molecule has 21 heavy (non-hydrogen) atoms. The lowest BCUT2D eigenvalue weighted by atomic mass is 10.2. The third-order valence-corrected chi connectivity index (χ3v) is 5.22. The van der Waals surface area contributed by atoms with E-state index >= 15 is 0 Å². The van der Waals surface area contributed by atoms with Crippen molar-refractivity contribution >= 4 is 33.7 Å². The van der Waals surface area contributed by atoms with Crippen molar-refractivity contribution < 1.29 is 0 Å². The van der Waals surface area contributed by atoms with E-state index in [0.29, 0.717) is 5.75 Å². The number of fused-ring (bicyclic) bond motifs is 1. The second-order valence-electron chi connectivity index (χ2n) is 4.91. The number of nitrogen functional groups attached to an aromatic ring is 1. The molecule has 0 fully saturated rings. The molecule has 0 bridgehead atoms. The monoisotopic (exact) mass is 317 g/mol. The molecule has 108 valence electrons. The van der Waals surface area contributed by atoms with Gasteiger partial charge in [-0.1, -0.05) is 6.07 Å². The first-order valence-electron chi connectivity index (χ1n) is 6.50. The Labute approximate surface area is 130 Å². The van der Waals surface area contributed by atoms with Crippen molar-refractivity contribution in [3.05, 3.63) is 57.0 Å². The predicted octanol–water partition coefficient (Wildman–Crippen LogP) is 3.25. The fraction of sp³-hybridized carbons (Fsp3) is 0.200. The highest BCUT2D eigenvalue weighted by Gasteiger charge is 2.08. The third-order valence-electron chi connectivity index (χ3n) is 3.17. The fourth-order valence-corrected chi connectivity index (χ4v) is 3.94. The SMILES string of the molecule is Cc1ccc(N)c(SCc2cc(=O)n3c(C)csc3n2)c1. The van der Waals surface area contributed by atoms with Crippen LogP contribution in [-0.4, -0.2) is 9.38 Å². The van der Waals surface area contributed by atoms with Crippen LogP contribution in [0.25, 0.3) is 4.96 Å². The summed E-state index contributed by atoms with van der Waals surface area (Å²) in [5.74, 6) is 0.635. The Morgan fingerprint density at radius 3 is 2.95 bits per heavy atom. The first-order valence-corrected chi connectivity index (χ1v) is 8.37. The van der Waals surface area contributed by atoms with Gasteiger partial charge in [0.05, 0.1) is 5.69 Å². The second-order valence-corrected chi connectivity index (χ2v) is 6.76. The molecule has 3 aromatic rings. The van der Waals surface area contributed by atoms with E-state index in [9.17, 15) is 4.79 Å². The third kappa shape index (κ3) is 2.82. The fourth-order valence-electron chi connectivity index (χ4n) is 2.09. The highest BCUT2D eigenvalue weighted by atomic mass is 32.2. The van der Waals surface area contributed by atoms with Crippen LogP contribution in [0, 0.1) is 13.8 Å². The summed E-state index contributed by atoms with van der Waals surface area (Å²) >= 11 is 3.09. The van der Waals surface area contributed by atoms with E-state index in [2.05, 4.69) is 11.1 Å². The average molecular weight is 317 g/mol. The minimum atomic E-state index is -0.0217. The van der Waals surface area contributed by atoms with Crippen LogP contribution >= 0.6 is 23.1 Å². The second kappa shape index (κ2) is 5.54. The predicted molar refractivity (Wildman–Crippen MR) is 89.2 cm³/mol. The quantitative estimate of drug-likeness (QED) is 0.595. The molecule has 2 aromatic heterocycles. The van der Waals surface area contributed by atoms with Crippen molar-refractivity contribution in [1.82, 2.24) is 9.38 Å². The molecule has 0 atom stereocenters. The molecule has 0 aliphatic carbocycles. The van der Waals surface area contributed by atoms with Crippen molar-refractivity contribution in [2.45, 2.75) is 24.5 Å². The molecule has 6 heteroatoms. The number of hydrogen-bond donors (Lipinski definition) is 1. The van der Waals surface area contributed by atoms with Crippen molar-refractivity contribution in [1.29, 1.82) is 0 Å². The molecule has 0 saturated carbocycles. The van der Waals surface area contributed by atoms with Gasteiger partial charge in [0.1, 0.15) is 0 Å². The molecule has 0 spiro atoms. The summed E-state index contributed by atoms with van der Waals surface area (Å²) in [5, 5.41) is 1.94. The van der Waals surface area contributed by atoms with Gasteiger partial charge in [0.15, 0.2) is 4.96 Å². The Kier molecular flexibility index (Phi) is 3.73. The number of rotatable bonds is 3. The van der Waals surface area contributed by atoms with Gasteiger partial charge in [0.25, 0.3) is 5.56 Å². The van der Waals surface area contributed by atoms with Crippen molar-refractivity contribution in [2.75, 3.05) is 5.73 Å². The van der Waals surface area contributed by atoms with Crippen LogP contribution in [0.5, 0.6) is 0 Å². The zero-order valence-electron chi connectivity index (χ0n) is 11.8. The van der Waals surface area contributed by atoms with E-state index in [1.807, 2.05) is 31.4 Å². The van der Waals surface area contributed by atoms with Crippen molar-refractivity contribution in [3.63, 3.8) is 0 Å². The smallest absolute Gasteiger partial charge is 0.258 e. The van der Waals surface area contributed by atoms with Gasteiger partial charge in [0, 0.05) is 33.5 Å². The summed E-state index contributed by atoms with van der Waals surface area (Å²) in [6.45, 7) is 3.95. The number of thioether (sulfide) groups is 1. The molecule has 2 N–H and O–H groups in total. The number of benzene rings is 1. The Hall–Kier alpha value is -1.79. The molecule has 0 aliphatic heterocycles. The Bertz CT molecular complexity index is 867. The summed E-state index contributed by atoms with van der Waals surface area (Å²) in [4.78, 5) is 18.4. The number of aryl methyl sites for hydroxylation is 2. The number of thiazole rings is 1. The standard InChI is InChI=1S/C15H15N3OS2/c1-9-3-4-12(16)13(5-9)20-8-11-6-14(19)18-10(2)7-21-15(18)17-11/h3-7H,8,16H2,1-2H3. The topological polar surface area (TPSA) is 60.4 Å². The molecule has 2 heterocycles. The first-order chi connectivity index (χ1) is 10.0. The van der Waals surface area contributed by atoms with E-state index in [0.717, 1.165) is 26.9 Å². The number of nitrogens with zero attached hydrogens (tertiary/aromatic N) is 2. The highest BCUT2D eigenvalue weighted by Crippen LogP contribution is 2.28. The normalized spacial score (nSPS) is 11.1. The Morgan fingerprint density at radius 2 is 2.14 bits per heavy atom. The molecule has 4 nitrogen and oxygen atoms in total. The molecule has 0 aliphatic rings. The maximum Gasteiger partial charge on any atom is 0.258 e. The van der Waals surface area contributed by atoms with Gasteiger partial charge in [0.2, 0.25) is 0 Å². The zero-order chi connectivity index (χ0) is 15.0. The lowest BCUT2D eigenvalue weighted by Crippen LogP contribution is -2.14. The van der Waals surface area contributed by atoms with Crippen molar-refractivity contribution in [2.24, 2.45) is 0 Å². The maximum absolute atomic E-state index is 12.1. The lowest BCUT2D eigenvalue weighted by Gasteiger charge is -2.06. The van der Waals surface area contributed by atoms with Crippen LogP contribution in [0.3, 0.4) is 0 Å². The molecule has 0 unspecified atom stereocenters. The number of hydrogen-bond acceptors (Lipinski definition) is 5. The Balaban J connectivity index is 1.88. The van der Waals surface area contributed by atoms with Gasteiger partial charge in [-0.15, -0.1) is 23.1 Å². The molecule has 0 amide bonds. The van der Waals surface area contributed by atoms with E-state index in [1.54, 1.807) is 22.2 Å². The summed E-state index contributed by atoms with van der Waals surface area (Å²) in [5.41, 5.74) is 9.59. The Morgan fingerprint density at radius 1 is 1.33 bits per heavy atom. The van der Waals surface area contributed by atoms with Crippen LogP contribution < -0.4 is 11.3 Å². The summed E-state index contributed by atoms with van der Waals surface area (Å²) < 4.78 is 1.64. The van der Waals surface area contributed by atoms with Gasteiger partial charge < -0.3 is 5.73 Å². The van der Waals surface area contributed by atoms with Crippen LogP contribution in [0.1, 0.15) is 17.0 Å². The van der Waals surface area contributed by atoms with E-state index in [1.165, 1.54) is 16.9 Å². The van der Waals surface area contributed by atoms with E-state index < -0.39 is 0 Å². The number of aromatic nitrogens is 2. The van der Waals surface area contributed by atoms with Crippen molar-refractivity contribution in [3.8, 4) is 0 Å². The van der Waals surface area contributed by atoms with Crippen LogP contribution in [0.2, 0.25) is 0 Å². The van der Waals surface area contributed by atoms with Gasteiger partial charge in [-0.05, 0) is 31.5 Å². The minimum absolute atomic E-state index is 0.0217. The van der Waals surface area contributed by atoms with Gasteiger partial charge in [-0.25, -0.2) is 4.98 Å². The van der Waals surface area contributed by atoms with E-state index in [4.69, 9.17) is 5.73 Å². The summed E-state index contributed by atoms with van der Waals surface area (Å²) in [6, 6.07) is 7.56. The van der Waals surface area contributed by atoms with Gasteiger partial charge in [-0.2, -0.15) is 0 Å². The largest absolute Gasteiger partial charge is 0.398 e. The first kappa shape index (κ1) is 14.2. The molecule has 3 rings (SSSR count). The van der Waals surface area contributed by atoms with Crippen LogP contribution in [0.15, 0.2) is 39.3 Å². The molecular formula is C15H15N3OS2. The highest BCUT2D eigenvalue weighted by molar-refractivity contribution is 7.98. The minimum Gasteiger partial charge on any atom is -0.398 e. The lowest BCUT2D eigenvalue weighted by molar-refractivity contribution is 0.997. The molecule has 1 aromatic carbocycles. The number of anilines is 1. The van der Waals surface area contributed by atoms with Gasteiger partial charge in [-0.3, -0.25) is 9.20 Å². The van der Waals surface area contributed by atoms with E-state index in [-0.39, 0.29) is 5.56 Å². The maximum atomic E-state index is 12.1. The van der Waals surface area contributed by atoms with Crippen LogP contribution in [-0.2, 0) is 5.75 Å². The molecular weight excluding hydrogens is 302 g/mol. The number of nitrogens with two attached hydrogens (primary N) is 1.